The van der Waals surface area contributed by atoms with E-state index in [0.717, 1.165) is 12.3 Å². The topological polar surface area (TPSA) is 113 Å². The molecule has 1 aliphatic heterocycles. The summed E-state index contributed by atoms with van der Waals surface area (Å²) < 4.78 is 23.2. The van der Waals surface area contributed by atoms with Gasteiger partial charge in [-0.3, -0.25) is 14.9 Å². The molecular weight excluding hydrogens is 336 g/mol. The number of likely N-dealkylation sites (N-methyl/N-ethyl adjacent to an activating group) is 1. The normalized spacial score (nSPS) is 15.4. The van der Waals surface area contributed by atoms with Gasteiger partial charge in [-0.25, -0.2) is 8.42 Å². The molecule has 9 nitrogen and oxygen atoms in total. The summed E-state index contributed by atoms with van der Waals surface area (Å²) in [5.74, 6) is -0.0147. The summed E-state index contributed by atoms with van der Waals surface area (Å²) >= 11 is 0. The number of nitrogens with one attached hydrogen (secondary N) is 1. The molecule has 1 fully saturated rings. The lowest BCUT2D eigenvalue weighted by Gasteiger charge is -2.35. The minimum atomic E-state index is -3.52. The van der Waals surface area contributed by atoms with E-state index in [1.54, 1.807) is 16.8 Å². The van der Waals surface area contributed by atoms with E-state index in [4.69, 9.17) is 0 Å². The van der Waals surface area contributed by atoms with E-state index in [-0.39, 0.29) is 23.0 Å². The third-order valence-electron chi connectivity index (χ3n) is 3.87. The smallest absolute Gasteiger partial charge is 0.293 e. The Morgan fingerprint density at radius 1 is 1.29 bits per heavy atom. The Hall–Kier alpha value is -2.20. The van der Waals surface area contributed by atoms with E-state index in [1.165, 1.54) is 12.1 Å². The summed E-state index contributed by atoms with van der Waals surface area (Å²) in [6.45, 7) is 2.09. The SMILES string of the molecule is CNCC(=O)N1CCN(c2ccc(S(C)(=O)=O)cc2[N+](=O)[O-])CC1. The van der Waals surface area contributed by atoms with Crippen molar-refractivity contribution in [3.05, 3.63) is 28.3 Å². The van der Waals surface area contributed by atoms with Crippen LogP contribution in [0.1, 0.15) is 0 Å². The van der Waals surface area contributed by atoms with E-state index in [1.807, 2.05) is 0 Å². The second-order valence-corrected chi connectivity index (χ2v) is 7.59. The van der Waals surface area contributed by atoms with Crippen molar-refractivity contribution in [1.82, 2.24) is 10.2 Å². The van der Waals surface area contributed by atoms with Gasteiger partial charge in [-0.2, -0.15) is 0 Å². The molecule has 24 heavy (non-hydrogen) atoms. The number of carbonyl (C=O) groups excluding carboxylic acids is 1. The second kappa shape index (κ2) is 7.14. The Morgan fingerprint density at radius 3 is 2.42 bits per heavy atom. The molecule has 1 aliphatic rings. The van der Waals surface area contributed by atoms with Crippen LogP contribution in [0.2, 0.25) is 0 Å². The molecule has 0 radical (unpaired) electrons. The summed E-state index contributed by atoms with van der Waals surface area (Å²) in [6, 6.07) is 3.92. The van der Waals surface area contributed by atoms with Gasteiger partial charge < -0.3 is 15.1 Å². The number of nitro groups is 1. The minimum absolute atomic E-state index is 0.0147. The molecule has 1 N–H and O–H groups in total. The van der Waals surface area contributed by atoms with E-state index in [9.17, 15) is 23.3 Å². The highest BCUT2D eigenvalue weighted by atomic mass is 32.2. The van der Waals surface area contributed by atoms with Gasteiger partial charge in [-0.05, 0) is 19.2 Å². The lowest BCUT2D eigenvalue weighted by atomic mass is 10.2. The quantitative estimate of drug-likeness (QED) is 0.577. The van der Waals surface area contributed by atoms with Gasteiger partial charge in [-0.15, -0.1) is 0 Å². The molecule has 1 aromatic rings. The van der Waals surface area contributed by atoms with Crippen molar-refractivity contribution < 1.29 is 18.1 Å². The third-order valence-corrected chi connectivity index (χ3v) is 4.98. The first-order chi connectivity index (χ1) is 11.2. The number of benzene rings is 1. The summed E-state index contributed by atoms with van der Waals surface area (Å²) in [6.07, 6.45) is 1.01. The van der Waals surface area contributed by atoms with Crippen LogP contribution in [0.5, 0.6) is 0 Å². The number of carbonyl (C=O) groups is 1. The average Bonchev–Trinajstić information content (AvgIpc) is 2.53. The van der Waals surface area contributed by atoms with Crippen molar-refractivity contribution in [3.63, 3.8) is 0 Å². The number of rotatable bonds is 5. The predicted octanol–water partition coefficient (Wildman–Crippen LogP) is -0.134. The first kappa shape index (κ1) is 18.1. The Labute approximate surface area is 140 Å². The number of anilines is 1. The van der Waals surface area contributed by atoms with Crippen molar-refractivity contribution in [3.8, 4) is 0 Å². The molecule has 2 rings (SSSR count). The summed E-state index contributed by atoms with van der Waals surface area (Å²) in [5, 5.41) is 14.1. The maximum atomic E-state index is 11.8. The first-order valence-corrected chi connectivity index (χ1v) is 9.29. The zero-order chi connectivity index (χ0) is 17.9. The van der Waals surface area contributed by atoms with Crippen molar-refractivity contribution in [2.45, 2.75) is 4.90 Å². The van der Waals surface area contributed by atoms with Gasteiger partial charge >= 0.3 is 0 Å². The van der Waals surface area contributed by atoms with Crippen LogP contribution in [-0.2, 0) is 14.6 Å². The van der Waals surface area contributed by atoms with Crippen molar-refractivity contribution in [1.29, 1.82) is 0 Å². The molecule has 0 spiro atoms. The summed E-state index contributed by atoms with van der Waals surface area (Å²) in [5.41, 5.74) is 0.126. The second-order valence-electron chi connectivity index (χ2n) is 5.58. The highest BCUT2D eigenvalue weighted by Crippen LogP contribution is 2.31. The molecular formula is C14H20N4O5S. The zero-order valence-electron chi connectivity index (χ0n) is 13.6. The van der Waals surface area contributed by atoms with Crippen LogP contribution < -0.4 is 10.2 Å². The van der Waals surface area contributed by atoms with Crippen molar-refractivity contribution in [2.75, 3.05) is 50.9 Å². The van der Waals surface area contributed by atoms with E-state index < -0.39 is 14.8 Å². The number of piperazine rings is 1. The molecule has 10 heteroatoms. The number of amides is 1. The van der Waals surface area contributed by atoms with Crippen LogP contribution in [0.25, 0.3) is 0 Å². The van der Waals surface area contributed by atoms with E-state index in [2.05, 4.69) is 5.32 Å². The lowest BCUT2D eigenvalue weighted by molar-refractivity contribution is -0.384. The summed E-state index contributed by atoms with van der Waals surface area (Å²) in [4.78, 5) is 26.0. The zero-order valence-corrected chi connectivity index (χ0v) is 14.4. The molecule has 132 valence electrons. The van der Waals surface area contributed by atoms with Gasteiger partial charge in [0.15, 0.2) is 9.84 Å². The molecule has 1 heterocycles. The maximum absolute atomic E-state index is 11.8. The first-order valence-electron chi connectivity index (χ1n) is 7.40. The molecule has 1 amide bonds. The van der Waals surface area contributed by atoms with Gasteiger partial charge in [0.25, 0.3) is 5.69 Å². The van der Waals surface area contributed by atoms with Gasteiger partial charge in [0, 0.05) is 38.5 Å². The van der Waals surface area contributed by atoms with Crippen LogP contribution in [0.3, 0.4) is 0 Å². The Morgan fingerprint density at radius 2 is 1.92 bits per heavy atom. The molecule has 0 aromatic heterocycles. The van der Waals surface area contributed by atoms with Gasteiger partial charge in [0.2, 0.25) is 5.91 Å². The predicted molar refractivity (Wildman–Crippen MR) is 88.9 cm³/mol. The van der Waals surface area contributed by atoms with Gasteiger partial charge in [0.1, 0.15) is 5.69 Å². The highest BCUT2D eigenvalue weighted by Gasteiger charge is 2.26. The van der Waals surface area contributed by atoms with Crippen LogP contribution in [0.4, 0.5) is 11.4 Å². The highest BCUT2D eigenvalue weighted by molar-refractivity contribution is 7.90. The molecule has 1 aromatic carbocycles. The van der Waals surface area contributed by atoms with Crippen molar-refractivity contribution >= 4 is 27.1 Å². The third kappa shape index (κ3) is 4.01. The van der Waals surface area contributed by atoms with Crippen molar-refractivity contribution in [2.24, 2.45) is 0 Å². The Bertz CT molecular complexity index is 742. The average molecular weight is 356 g/mol. The van der Waals surface area contributed by atoms with Crippen LogP contribution in [-0.4, -0.2) is 70.2 Å². The molecule has 0 aliphatic carbocycles. The van der Waals surface area contributed by atoms with E-state index in [0.29, 0.717) is 31.9 Å². The fraction of sp³-hybridized carbons (Fsp3) is 0.500. The number of nitrogens with zero attached hydrogens (tertiary/aromatic N) is 3. The standard InChI is InChI=1S/C14H20N4O5S/c1-15-10-14(19)17-7-5-16(6-8-17)12-4-3-11(24(2,22)23)9-13(12)18(20)21/h3-4,9,15H,5-8,10H2,1-2H3. The van der Waals surface area contributed by atoms with Gasteiger partial charge in [-0.1, -0.05) is 0 Å². The largest absolute Gasteiger partial charge is 0.362 e. The molecule has 0 saturated carbocycles. The fourth-order valence-corrected chi connectivity index (χ4v) is 3.25. The fourth-order valence-electron chi connectivity index (χ4n) is 2.61. The van der Waals surface area contributed by atoms with E-state index >= 15 is 0 Å². The molecule has 0 bridgehead atoms. The number of hydrogen-bond acceptors (Lipinski definition) is 7. The number of hydrogen-bond donors (Lipinski definition) is 1. The van der Waals surface area contributed by atoms with Crippen LogP contribution in [0.15, 0.2) is 23.1 Å². The van der Waals surface area contributed by atoms with Gasteiger partial charge in [0.05, 0.1) is 16.4 Å². The number of sulfone groups is 1. The van der Waals surface area contributed by atoms with Crippen LogP contribution >= 0.6 is 0 Å². The number of nitro benzene ring substituents is 1. The Kier molecular flexibility index (Phi) is 5.40. The maximum Gasteiger partial charge on any atom is 0.293 e. The molecule has 0 unspecified atom stereocenters. The Balaban J connectivity index is 2.21. The summed E-state index contributed by atoms with van der Waals surface area (Å²) in [7, 11) is -1.82. The molecule has 0 atom stereocenters. The van der Waals surface area contributed by atoms with Crippen LogP contribution in [0, 0.1) is 10.1 Å². The minimum Gasteiger partial charge on any atom is -0.362 e. The molecule has 1 saturated heterocycles. The monoisotopic (exact) mass is 356 g/mol. The lowest BCUT2D eigenvalue weighted by Crippen LogP contribution is -2.50.